The maximum Gasteiger partial charge on any atom is 0.0639 e. The van der Waals surface area contributed by atoms with E-state index in [9.17, 15) is 0 Å². The van der Waals surface area contributed by atoms with Gasteiger partial charge in [-0.1, -0.05) is 22.0 Å². The van der Waals surface area contributed by atoms with Crippen LogP contribution in [0.2, 0.25) is 0 Å². The van der Waals surface area contributed by atoms with Crippen LogP contribution in [0.1, 0.15) is 16.8 Å². The van der Waals surface area contributed by atoms with Crippen molar-refractivity contribution in [3.63, 3.8) is 0 Å². The fraction of sp³-hybridized carbons (Fsp3) is 0.105. The topological polar surface area (TPSA) is 17.3 Å². The summed E-state index contributed by atoms with van der Waals surface area (Å²) in [5.41, 5.74) is 5.71. The fourth-order valence-corrected chi connectivity index (χ4v) is 2.55. The summed E-state index contributed by atoms with van der Waals surface area (Å²) < 4.78 is 3.20. The van der Waals surface area contributed by atoms with Gasteiger partial charge in [-0.2, -0.15) is 0 Å². The van der Waals surface area contributed by atoms with Crippen molar-refractivity contribution in [3.8, 4) is 5.69 Å². The minimum Gasteiger partial charge on any atom is -0.316 e. The van der Waals surface area contributed by atoms with Crippen LogP contribution in [0.4, 0.5) is 5.69 Å². The lowest BCUT2D eigenvalue weighted by Gasteiger charge is -2.06. The Kier molecular flexibility index (Phi) is 4.25. The number of nitrogens with zero attached hydrogens (tertiary/aromatic N) is 2. The molecule has 2 nitrogen and oxygen atoms in total. The van der Waals surface area contributed by atoms with Gasteiger partial charge in [0.05, 0.1) is 17.6 Å². The van der Waals surface area contributed by atoms with Gasteiger partial charge < -0.3 is 4.57 Å². The van der Waals surface area contributed by atoms with Crippen LogP contribution in [-0.4, -0.2) is 10.8 Å². The van der Waals surface area contributed by atoms with E-state index in [1.54, 1.807) is 0 Å². The summed E-state index contributed by atoms with van der Waals surface area (Å²) in [5.74, 6) is 0. The van der Waals surface area contributed by atoms with Crippen molar-refractivity contribution < 1.29 is 0 Å². The lowest BCUT2D eigenvalue weighted by atomic mass is 10.1. The van der Waals surface area contributed by atoms with E-state index in [1.165, 1.54) is 11.1 Å². The van der Waals surface area contributed by atoms with Gasteiger partial charge in [0.1, 0.15) is 0 Å². The zero-order valence-corrected chi connectivity index (χ0v) is 14.2. The molecule has 0 atom stereocenters. The Morgan fingerprint density at radius 3 is 2.45 bits per heavy atom. The quantitative estimate of drug-likeness (QED) is 0.545. The molecule has 1 aromatic heterocycles. The van der Waals surface area contributed by atoms with Crippen LogP contribution in [0, 0.1) is 13.8 Å². The first-order valence-corrected chi connectivity index (χ1v) is 7.97. The second-order valence-corrected chi connectivity index (χ2v) is 6.22. The van der Waals surface area contributed by atoms with Crippen molar-refractivity contribution in [1.29, 1.82) is 0 Å². The van der Waals surface area contributed by atoms with Gasteiger partial charge in [0.2, 0.25) is 0 Å². The molecule has 3 aromatic rings. The highest BCUT2D eigenvalue weighted by atomic mass is 79.9. The van der Waals surface area contributed by atoms with E-state index in [1.807, 2.05) is 36.7 Å². The summed E-state index contributed by atoms with van der Waals surface area (Å²) in [6, 6.07) is 18.6. The Bertz CT molecular complexity index is 814. The molecular formula is C19H17BrN2. The average Bonchev–Trinajstić information content (AvgIpc) is 2.98. The average molecular weight is 353 g/mol. The fourth-order valence-electron chi connectivity index (χ4n) is 2.28. The number of hydrogen-bond donors (Lipinski definition) is 0. The van der Waals surface area contributed by atoms with Crippen molar-refractivity contribution >= 4 is 27.8 Å². The highest BCUT2D eigenvalue weighted by molar-refractivity contribution is 9.10. The standard InChI is InChI=1S/C19H17BrN2/c1-14-5-8-17(12-15(14)2)21-13-19-4-3-11-22(19)18-9-6-16(20)7-10-18/h3-13H,1-2H3. The molecule has 22 heavy (non-hydrogen) atoms. The number of hydrogen-bond acceptors (Lipinski definition) is 1. The molecule has 0 N–H and O–H groups in total. The van der Waals surface area contributed by atoms with Crippen LogP contribution in [0.5, 0.6) is 0 Å². The molecule has 0 aliphatic carbocycles. The van der Waals surface area contributed by atoms with Crippen LogP contribution < -0.4 is 0 Å². The van der Waals surface area contributed by atoms with Crippen molar-refractivity contribution in [3.05, 3.63) is 82.1 Å². The molecule has 0 aliphatic heterocycles. The highest BCUT2D eigenvalue weighted by Crippen LogP contribution is 2.19. The molecule has 0 aliphatic rings. The molecule has 0 amide bonds. The van der Waals surface area contributed by atoms with E-state index in [0.29, 0.717) is 0 Å². The predicted molar refractivity (Wildman–Crippen MR) is 96.6 cm³/mol. The zero-order chi connectivity index (χ0) is 15.5. The Morgan fingerprint density at radius 2 is 1.73 bits per heavy atom. The van der Waals surface area contributed by atoms with Crippen molar-refractivity contribution in [2.24, 2.45) is 4.99 Å². The van der Waals surface area contributed by atoms with Gasteiger partial charge >= 0.3 is 0 Å². The van der Waals surface area contributed by atoms with E-state index in [2.05, 4.69) is 69.7 Å². The molecule has 0 radical (unpaired) electrons. The predicted octanol–water partition coefficient (Wildman–Crippen LogP) is 5.61. The second-order valence-electron chi connectivity index (χ2n) is 5.31. The molecule has 2 aromatic carbocycles. The summed E-state index contributed by atoms with van der Waals surface area (Å²) in [7, 11) is 0. The number of benzene rings is 2. The summed E-state index contributed by atoms with van der Waals surface area (Å²) >= 11 is 3.47. The van der Waals surface area contributed by atoms with Gasteiger partial charge in [0.25, 0.3) is 0 Å². The summed E-state index contributed by atoms with van der Waals surface area (Å²) in [5, 5.41) is 0. The van der Waals surface area contributed by atoms with Gasteiger partial charge in [0.15, 0.2) is 0 Å². The van der Waals surface area contributed by atoms with Crippen LogP contribution >= 0.6 is 15.9 Å². The van der Waals surface area contributed by atoms with Gasteiger partial charge in [-0.3, -0.25) is 4.99 Å². The maximum atomic E-state index is 4.60. The van der Waals surface area contributed by atoms with Crippen LogP contribution in [0.3, 0.4) is 0 Å². The first-order chi connectivity index (χ1) is 10.6. The summed E-state index contributed by atoms with van der Waals surface area (Å²) in [6.45, 7) is 4.22. The molecule has 3 rings (SSSR count). The molecule has 0 saturated carbocycles. The first kappa shape index (κ1) is 14.8. The third-order valence-electron chi connectivity index (χ3n) is 3.72. The SMILES string of the molecule is Cc1ccc(N=Cc2cccn2-c2ccc(Br)cc2)cc1C. The number of aryl methyl sites for hydroxylation is 2. The number of aliphatic imine (C=N–C) groups is 1. The summed E-state index contributed by atoms with van der Waals surface area (Å²) in [4.78, 5) is 4.60. The maximum absolute atomic E-state index is 4.60. The molecule has 110 valence electrons. The second kappa shape index (κ2) is 6.32. The molecule has 0 unspecified atom stereocenters. The lowest BCUT2D eigenvalue weighted by molar-refractivity contribution is 1.07. The highest BCUT2D eigenvalue weighted by Gasteiger charge is 2.01. The molecule has 0 spiro atoms. The normalized spacial score (nSPS) is 11.2. The third kappa shape index (κ3) is 3.20. The number of rotatable bonds is 3. The Labute approximate surface area is 139 Å². The number of aromatic nitrogens is 1. The zero-order valence-electron chi connectivity index (χ0n) is 12.6. The van der Waals surface area contributed by atoms with E-state index >= 15 is 0 Å². The third-order valence-corrected chi connectivity index (χ3v) is 4.25. The van der Waals surface area contributed by atoms with Gasteiger partial charge in [-0.25, -0.2) is 0 Å². The Morgan fingerprint density at radius 1 is 0.955 bits per heavy atom. The molecule has 1 heterocycles. The van der Waals surface area contributed by atoms with Crippen LogP contribution in [0.15, 0.2) is 70.3 Å². The summed E-state index contributed by atoms with van der Waals surface area (Å²) in [6.07, 6.45) is 3.96. The smallest absolute Gasteiger partial charge is 0.0639 e. The molecular weight excluding hydrogens is 336 g/mol. The van der Waals surface area contributed by atoms with Crippen molar-refractivity contribution in [2.45, 2.75) is 13.8 Å². The largest absolute Gasteiger partial charge is 0.316 e. The minimum absolute atomic E-state index is 0.978. The molecule has 3 heteroatoms. The Hall–Kier alpha value is -2.13. The van der Waals surface area contributed by atoms with Crippen LogP contribution in [0.25, 0.3) is 5.69 Å². The molecule has 0 saturated heterocycles. The number of halogens is 1. The van der Waals surface area contributed by atoms with Crippen molar-refractivity contribution in [1.82, 2.24) is 4.57 Å². The minimum atomic E-state index is 0.978. The molecule has 0 bridgehead atoms. The molecule has 0 fully saturated rings. The van der Waals surface area contributed by atoms with Crippen LogP contribution in [-0.2, 0) is 0 Å². The van der Waals surface area contributed by atoms with Gasteiger partial charge in [-0.15, -0.1) is 0 Å². The van der Waals surface area contributed by atoms with E-state index in [-0.39, 0.29) is 0 Å². The van der Waals surface area contributed by atoms with Crippen molar-refractivity contribution in [2.75, 3.05) is 0 Å². The van der Waals surface area contributed by atoms with Gasteiger partial charge in [-0.05, 0) is 73.5 Å². The lowest BCUT2D eigenvalue weighted by Crippen LogP contribution is -1.97. The van der Waals surface area contributed by atoms with E-state index in [0.717, 1.165) is 21.5 Å². The van der Waals surface area contributed by atoms with E-state index in [4.69, 9.17) is 0 Å². The first-order valence-electron chi connectivity index (χ1n) is 7.18. The monoisotopic (exact) mass is 352 g/mol. The Balaban J connectivity index is 1.90. The van der Waals surface area contributed by atoms with Gasteiger partial charge in [0, 0.05) is 16.4 Å². The van der Waals surface area contributed by atoms with E-state index < -0.39 is 0 Å².